The van der Waals surface area contributed by atoms with E-state index >= 15 is 0 Å². The molecule has 0 radical (unpaired) electrons. The summed E-state index contributed by atoms with van der Waals surface area (Å²) >= 11 is 0. The zero-order valence-electron chi connectivity index (χ0n) is 18.9. The molecule has 0 saturated carbocycles. The van der Waals surface area contributed by atoms with Crippen molar-refractivity contribution in [1.29, 1.82) is 0 Å². The molecule has 0 spiro atoms. The molecule has 2 aromatic carbocycles. The lowest BCUT2D eigenvalue weighted by molar-refractivity contribution is -0.145. The molecular weight excluding hydrogens is 422 g/mol. The van der Waals surface area contributed by atoms with Gasteiger partial charge in [0.05, 0.1) is 6.54 Å². The number of carbonyl (C=O) groups excluding carboxylic acids is 2. The van der Waals surface area contributed by atoms with Crippen LogP contribution in [0.25, 0.3) is 0 Å². The van der Waals surface area contributed by atoms with Crippen LogP contribution in [0.4, 0.5) is 0 Å². The van der Waals surface area contributed by atoms with Gasteiger partial charge in [-0.3, -0.25) is 14.4 Å². The molecule has 3 aromatic rings. The molecule has 1 unspecified atom stereocenters. The molecule has 0 aliphatic heterocycles. The Morgan fingerprint density at radius 3 is 2.27 bits per heavy atom. The van der Waals surface area contributed by atoms with Crippen molar-refractivity contribution < 1.29 is 23.8 Å². The van der Waals surface area contributed by atoms with E-state index in [1.807, 2.05) is 61.5 Å². The van der Waals surface area contributed by atoms with Crippen LogP contribution in [0.1, 0.15) is 42.3 Å². The third kappa shape index (κ3) is 6.55. The maximum absolute atomic E-state index is 12.9. The van der Waals surface area contributed by atoms with Crippen LogP contribution in [0.5, 0.6) is 5.75 Å². The number of hydrogen-bond acceptors (Lipinski definition) is 6. The second-order valence-corrected chi connectivity index (χ2v) is 7.60. The molecule has 0 N–H and O–H groups in total. The maximum Gasteiger partial charge on any atom is 0.303 e. The maximum atomic E-state index is 12.9. The molecule has 7 heteroatoms. The fourth-order valence-corrected chi connectivity index (χ4v) is 3.39. The van der Waals surface area contributed by atoms with Crippen LogP contribution in [0.2, 0.25) is 0 Å². The first-order chi connectivity index (χ1) is 15.8. The van der Waals surface area contributed by atoms with Gasteiger partial charge in [0.2, 0.25) is 5.43 Å². The van der Waals surface area contributed by atoms with Crippen molar-refractivity contribution in [2.24, 2.45) is 0 Å². The molecule has 1 atom stereocenters. The quantitative estimate of drug-likeness (QED) is 0.460. The third-order valence-electron chi connectivity index (χ3n) is 4.95. The number of benzene rings is 2. The summed E-state index contributed by atoms with van der Waals surface area (Å²) in [7, 11) is 0. The summed E-state index contributed by atoms with van der Waals surface area (Å²) in [6.07, 6.45) is 0.696. The van der Waals surface area contributed by atoms with E-state index in [1.54, 1.807) is 10.8 Å². The SMILES string of the molecule is CC(=O)OCCn1ccc(=O)c(OCc2ccccc2)c1C(OC(C)=O)c1ccc(C)cc1. The van der Waals surface area contributed by atoms with Gasteiger partial charge in [0.1, 0.15) is 18.9 Å². The summed E-state index contributed by atoms with van der Waals surface area (Å²) in [5.74, 6) is -0.832. The largest absolute Gasteiger partial charge is 0.483 e. The smallest absolute Gasteiger partial charge is 0.303 e. The van der Waals surface area contributed by atoms with Crippen molar-refractivity contribution in [2.75, 3.05) is 6.61 Å². The Balaban J connectivity index is 2.10. The number of pyridine rings is 1. The van der Waals surface area contributed by atoms with Crippen molar-refractivity contribution in [2.45, 2.75) is 40.0 Å². The number of hydrogen-bond donors (Lipinski definition) is 0. The van der Waals surface area contributed by atoms with E-state index in [-0.39, 0.29) is 30.9 Å². The minimum Gasteiger partial charge on any atom is -0.483 e. The summed E-state index contributed by atoms with van der Waals surface area (Å²) in [4.78, 5) is 36.2. The van der Waals surface area contributed by atoms with Gasteiger partial charge in [-0.2, -0.15) is 0 Å². The van der Waals surface area contributed by atoms with Crippen molar-refractivity contribution in [3.8, 4) is 5.75 Å². The van der Waals surface area contributed by atoms with Crippen LogP contribution >= 0.6 is 0 Å². The molecule has 7 nitrogen and oxygen atoms in total. The molecule has 0 saturated heterocycles. The number of carbonyl (C=O) groups is 2. The normalized spacial score (nSPS) is 11.5. The summed E-state index contributed by atoms with van der Waals surface area (Å²) in [5, 5.41) is 0. The van der Waals surface area contributed by atoms with E-state index in [2.05, 4.69) is 0 Å². The predicted octanol–water partition coefficient (Wildman–Crippen LogP) is 3.95. The number of ether oxygens (including phenoxy) is 3. The molecule has 1 aromatic heterocycles. The van der Waals surface area contributed by atoms with Crippen molar-refractivity contribution in [3.63, 3.8) is 0 Å². The zero-order valence-corrected chi connectivity index (χ0v) is 18.9. The van der Waals surface area contributed by atoms with Gasteiger partial charge in [0.15, 0.2) is 11.9 Å². The monoisotopic (exact) mass is 449 g/mol. The number of rotatable bonds is 9. The average Bonchev–Trinajstić information content (AvgIpc) is 2.78. The van der Waals surface area contributed by atoms with Crippen molar-refractivity contribution in [1.82, 2.24) is 4.57 Å². The lowest BCUT2D eigenvalue weighted by Gasteiger charge is -2.25. The topological polar surface area (TPSA) is 83.8 Å². The van der Waals surface area contributed by atoms with Gasteiger partial charge in [-0.05, 0) is 18.1 Å². The average molecular weight is 450 g/mol. The van der Waals surface area contributed by atoms with Crippen molar-refractivity contribution >= 4 is 11.9 Å². The summed E-state index contributed by atoms with van der Waals surface area (Å²) < 4.78 is 18.5. The highest BCUT2D eigenvalue weighted by molar-refractivity contribution is 5.67. The number of aromatic nitrogens is 1. The number of nitrogens with zero attached hydrogens (tertiary/aromatic N) is 1. The van der Waals surface area contributed by atoms with E-state index in [9.17, 15) is 14.4 Å². The van der Waals surface area contributed by atoms with E-state index < -0.39 is 18.0 Å². The molecule has 172 valence electrons. The molecule has 0 fully saturated rings. The van der Waals surface area contributed by atoms with Gasteiger partial charge in [-0.15, -0.1) is 0 Å². The minimum absolute atomic E-state index is 0.0796. The molecule has 0 amide bonds. The first-order valence-corrected chi connectivity index (χ1v) is 10.6. The Labute approximate surface area is 192 Å². The summed E-state index contributed by atoms with van der Waals surface area (Å²) in [6, 6.07) is 18.3. The second-order valence-electron chi connectivity index (χ2n) is 7.60. The van der Waals surface area contributed by atoms with Crippen LogP contribution < -0.4 is 10.2 Å². The molecule has 33 heavy (non-hydrogen) atoms. The highest BCUT2D eigenvalue weighted by Gasteiger charge is 2.27. The Bertz CT molecular complexity index is 1150. The number of esters is 2. The van der Waals surface area contributed by atoms with Gasteiger partial charge >= 0.3 is 11.9 Å². The summed E-state index contributed by atoms with van der Waals surface area (Å²) in [5.41, 5.74) is 2.66. The van der Waals surface area contributed by atoms with Crippen LogP contribution in [-0.4, -0.2) is 23.1 Å². The zero-order chi connectivity index (χ0) is 23.8. The first kappa shape index (κ1) is 23.8. The second kappa shape index (κ2) is 11.1. The van der Waals surface area contributed by atoms with E-state index in [0.29, 0.717) is 11.3 Å². The third-order valence-corrected chi connectivity index (χ3v) is 4.95. The molecule has 0 aliphatic rings. The van der Waals surface area contributed by atoms with Gasteiger partial charge in [0.25, 0.3) is 0 Å². The minimum atomic E-state index is -0.889. The Hall–Kier alpha value is -3.87. The fourth-order valence-electron chi connectivity index (χ4n) is 3.39. The molecule has 0 aliphatic carbocycles. The lowest BCUT2D eigenvalue weighted by Crippen LogP contribution is -2.24. The molecule has 1 heterocycles. The van der Waals surface area contributed by atoms with Gasteiger partial charge in [0, 0.05) is 26.1 Å². The Kier molecular flexibility index (Phi) is 8.02. The van der Waals surface area contributed by atoms with Crippen LogP contribution in [-0.2, 0) is 32.2 Å². The fraction of sp³-hybridized carbons (Fsp3) is 0.269. The molecule has 0 bridgehead atoms. The summed E-state index contributed by atoms with van der Waals surface area (Å²) in [6.45, 7) is 5.10. The van der Waals surface area contributed by atoms with Gasteiger partial charge < -0.3 is 18.8 Å². The predicted molar refractivity (Wildman–Crippen MR) is 123 cm³/mol. The first-order valence-electron chi connectivity index (χ1n) is 10.6. The van der Waals surface area contributed by atoms with E-state index in [1.165, 1.54) is 19.9 Å². The van der Waals surface area contributed by atoms with Crippen LogP contribution in [0.15, 0.2) is 71.7 Å². The van der Waals surface area contributed by atoms with Gasteiger partial charge in [-0.1, -0.05) is 60.2 Å². The van der Waals surface area contributed by atoms with Crippen molar-refractivity contribution in [3.05, 3.63) is 99.5 Å². The standard InChI is InChI=1S/C26H27NO6/c1-18-9-11-22(12-10-18)25(33-20(3)29)24-26(32-17-21-7-5-4-6-8-21)23(30)13-14-27(24)15-16-31-19(2)28/h4-14,25H,15-17H2,1-3H3. The highest BCUT2D eigenvalue weighted by Crippen LogP contribution is 2.32. The van der Waals surface area contributed by atoms with E-state index in [0.717, 1.165) is 11.1 Å². The number of aryl methyl sites for hydroxylation is 1. The molecule has 3 rings (SSSR count). The van der Waals surface area contributed by atoms with Crippen LogP contribution in [0.3, 0.4) is 0 Å². The van der Waals surface area contributed by atoms with Gasteiger partial charge in [-0.25, -0.2) is 0 Å². The van der Waals surface area contributed by atoms with E-state index in [4.69, 9.17) is 14.2 Å². The lowest BCUT2D eigenvalue weighted by atomic mass is 10.0. The molecular formula is C26H27NO6. The van der Waals surface area contributed by atoms with Crippen LogP contribution in [0, 0.1) is 6.92 Å². The Morgan fingerprint density at radius 2 is 1.64 bits per heavy atom. The Morgan fingerprint density at radius 1 is 0.939 bits per heavy atom. The highest BCUT2D eigenvalue weighted by atomic mass is 16.5.